The van der Waals surface area contributed by atoms with Gasteiger partial charge in [0.15, 0.2) is 0 Å². The minimum absolute atomic E-state index is 0.445. The lowest BCUT2D eigenvalue weighted by atomic mass is 10.2. The zero-order valence-corrected chi connectivity index (χ0v) is 14.6. The summed E-state index contributed by atoms with van der Waals surface area (Å²) in [5.41, 5.74) is 6.45. The summed E-state index contributed by atoms with van der Waals surface area (Å²) >= 11 is 5.22. The Hall–Kier alpha value is -1.27. The van der Waals surface area contributed by atoms with E-state index in [2.05, 4.69) is 52.2 Å². The summed E-state index contributed by atoms with van der Waals surface area (Å²) in [6.45, 7) is 5.63. The first-order valence-corrected chi connectivity index (χ1v) is 8.53. The van der Waals surface area contributed by atoms with Crippen LogP contribution in [0.4, 0.5) is 11.5 Å². The number of aromatic nitrogens is 1. The maximum absolute atomic E-state index is 5.88. The third kappa shape index (κ3) is 5.21. The van der Waals surface area contributed by atoms with Crippen molar-refractivity contribution < 1.29 is 4.74 Å². The van der Waals surface area contributed by atoms with Crippen LogP contribution in [0.25, 0.3) is 0 Å². The Morgan fingerprint density at radius 3 is 2.81 bits per heavy atom. The molecule has 0 bridgehead atoms. The van der Waals surface area contributed by atoms with E-state index in [0.717, 1.165) is 22.6 Å². The van der Waals surface area contributed by atoms with Crippen molar-refractivity contribution in [2.24, 2.45) is 5.92 Å². The van der Waals surface area contributed by atoms with Crippen molar-refractivity contribution >= 4 is 38.8 Å². The van der Waals surface area contributed by atoms with Crippen molar-refractivity contribution in [2.75, 3.05) is 24.2 Å². The number of nitrogens with zero attached hydrogens (tertiary/aromatic N) is 1. The van der Waals surface area contributed by atoms with Crippen LogP contribution in [-0.2, 0) is 6.42 Å². The van der Waals surface area contributed by atoms with E-state index in [9.17, 15) is 0 Å². The Balaban J connectivity index is 1.89. The number of ether oxygens (including phenoxy) is 1. The van der Waals surface area contributed by atoms with Crippen molar-refractivity contribution in [3.8, 4) is 5.88 Å². The van der Waals surface area contributed by atoms with Crippen LogP contribution in [0.3, 0.4) is 0 Å². The molecule has 2 aromatic rings. The van der Waals surface area contributed by atoms with Gasteiger partial charge in [0.2, 0.25) is 5.88 Å². The van der Waals surface area contributed by atoms with Gasteiger partial charge in [-0.15, -0.1) is 11.3 Å². The van der Waals surface area contributed by atoms with E-state index in [0.29, 0.717) is 24.1 Å². The molecule has 0 aliphatic rings. The van der Waals surface area contributed by atoms with Gasteiger partial charge in [0.25, 0.3) is 0 Å². The standard InChI is InChI=1S/C15H20BrN3OS/c1-10(2)9-20-15-12(17)4-6-14(19-15)18-8-7-11-3-5-13(16)21-11/h3-6,10H,7-9,17H2,1-2H3,(H,18,19). The molecule has 0 aliphatic carbocycles. The smallest absolute Gasteiger partial charge is 0.239 e. The number of rotatable bonds is 7. The molecule has 2 heterocycles. The van der Waals surface area contributed by atoms with E-state index in [-0.39, 0.29) is 0 Å². The highest BCUT2D eigenvalue weighted by Gasteiger charge is 2.06. The van der Waals surface area contributed by atoms with Gasteiger partial charge in [0.05, 0.1) is 16.1 Å². The molecule has 0 atom stereocenters. The fraction of sp³-hybridized carbons (Fsp3) is 0.400. The molecule has 21 heavy (non-hydrogen) atoms. The Kier molecular flexibility index (Phi) is 5.87. The topological polar surface area (TPSA) is 60.2 Å². The largest absolute Gasteiger partial charge is 0.476 e. The second kappa shape index (κ2) is 7.66. The highest BCUT2D eigenvalue weighted by atomic mass is 79.9. The van der Waals surface area contributed by atoms with Crippen LogP contribution in [-0.4, -0.2) is 18.1 Å². The molecular weight excluding hydrogens is 350 g/mol. The van der Waals surface area contributed by atoms with Crippen LogP contribution in [0.15, 0.2) is 28.1 Å². The predicted molar refractivity (Wildman–Crippen MR) is 93.2 cm³/mol. The summed E-state index contributed by atoms with van der Waals surface area (Å²) in [4.78, 5) is 5.75. The van der Waals surface area contributed by atoms with Gasteiger partial charge >= 0.3 is 0 Å². The SMILES string of the molecule is CC(C)COc1nc(NCCc2ccc(Br)s2)ccc1N. The predicted octanol–water partition coefficient (Wildman–Crippen LogP) is 4.18. The van der Waals surface area contributed by atoms with Crippen molar-refractivity contribution in [2.45, 2.75) is 20.3 Å². The van der Waals surface area contributed by atoms with Crippen LogP contribution >= 0.6 is 27.3 Å². The summed E-state index contributed by atoms with van der Waals surface area (Å²) in [6.07, 6.45) is 0.963. The highest BCUT2D eigenvalue weighted by Crippen LogP contribution is 2.23. The molecule has 3 N–H and O–H groups in total. The molecule has 4 nitrogen and oxygen atoms in total. The molecule has 0 fully saturated rings. The number of hydrogen-bond donors (Lipinski definition) is 2. The number of nitrogens with one attached hydrogen (secondary N) is 1. The summed E-state index contributed by atoms with van der Waals surface area (Å²) in [6, 6.07) is 7.90. The van der Waals surface area contributed by atoms with E-state index in [1.54, 1.807) is 11.3 Å². The zero-order valence-electron chi connectivity index (χ0n) is 12.2. The fourth-order valence-electron chi connectivity index (χ4n) is 1.71. The first-order chi connectivity index (χ1) is 10.0. The van der Waals surface area contributed by atoms with Gasteiger partial charge in [0.1, 0.15) is 5.82 Å². The second-order valence-electron chi connectivity index (χ2n) is 5.18. The second-order valence-corrected chi connectivity index (χ2v) is 7.73. The summed E-state index contributed by atoms with van der Waals surface area (Å²) in [7, 11) is 0. The van der Waals surface area contributed by atoms with Crippen molar-refractivity contribution in [1.29, 1.82) is 0 Å². The number of hydrogen-bond acceptors (Lipinski definition) is 5. The van der Waals surface area contributed by atoms with E-state index < -0.39 is 0 Å². The summed E-state index contributed by atoms with van der Waals surface area (Å²) in [5, 5.41) is 3.30. The highest BCUT2D eigenvalue weighted by molar-refractivity contribution is 9.11. The van der Waals surface area contributed by atoms with E-state index in [1.807, 2.05) is 12.1 Å². The Morgan fingerprint density at radius 1 is 1.33 bits per heavy atom. The van der Waals surface area contributed by atoms with Crippen molar-refractivity contribution in [3.63, 3.8) is 0 Å². The maximum Gasteiger partial charge on any atom is 0.239 e. The molecule has 2 aromatic heterocycles. The molecule has 0 unspecified atom stereocenters. The number of anilines is 2. The summed E-state index contributed by atoms with van der Waals surface area (Å²) in [5.74, 6) is 1.74. The number of thiophene rings is 1. The molecule has 6 heteroatoms. The lowest BCUT2D eigenvalue weighted by molar-refractivity contribution is 0.263. The number of pyridine rings is 1. The van der Waals surface area contributed by atoms with Gasteiger partial charge in [-0.25, -0.2) is 0 Å². The molecule has 0 radical (unpaired) electrons. The molecule has 0 aliphatic heterocycles. The van der Waals surface area contributed by atoms with E-state index in [4.69, 9.17) is 10.5 Å². The van der Waals surface area contributed by atoms with Crippen LogP contribution < -0.4 is 15.8 Å². The van der Waals surface area contributed by atoms with Crippen LogP contribution in [0.2, 0.25) is 0 Å². The normalized spacial score (nSPS) is 10.9. The van der Waals surface area contributed by atoms with E-state index >= 15 is 0 Å². The molecule has 0 amide bonds. The maximum atomic E-state index is 5.88. The third-order valence-corrected chi connectivity index (χ3v) is 4.43. The third-order valence-electron chi connectivity index (χ3n) is 2.75. The van der Waals surface area contributed by atoms with Crippen molar-refractivity contribution in [1.82, 2.24) is 4.98 Å². The van der Waals surface area contributed by atoms with Crippen LogP contribution in [0, 0.1) is 5.92 Å². The van der Waals surface area contributed by atoms with Crippen molar-refractivity contribution in [3.05, 3.63) is 32.9 Å². The van der Waals surface area contributed by atoms with Gasteiger partial charge in [-0.3, -0.25) is 0 Å². The Bertz CT molecular complexity index is 586. The molecule has 0 aromatic carbocycles. The minimum Gasteiger partial charge on any atom is -0.476 e. The first kappa shape index (κ1) is 16.1. The van der Waals surface area contributed by atoms with E-state index in [1.165, 1.54) is 4.88 Å². The van der Waals surface area contributed by atoms with Gasteiger partial charge in [-0.1, -0.05) is 13.8 Å². The first-order valence-electron chi connectivity index (χ1n) is 6.92. The molecule has 0 saturated carbocycles. The molecule has 114 valence electrons. The Labute approximate surface area is 137 Å². The molecule has 0 spiro atoms. The quantitative estimate of drug-likeness (QED) is 0.768. The fourth-order valence-corrected chi connectivity index (χ4v) is 3.19. The average Bonchev–Trinajstić information content (AvgIpc) is 2.84. The van der Waals surface area contributed by atoms with Gasteiger partial charge in [0, 0.05) is 11.4 Å². The number of nitrogens with two attached hydrogens (primary N) is 1. The molecule has 0 saturated heterocycles. The molecule has 2 rings (SSSR count). The Morgan fingerprint density at radius 2 is 2.14 bits per heavy atom. The monoisotopic (exact) mass is 369 g/mol. The lowest BCUT2D eigenvalue weighted by Gasteiger charge is -2.12. The van der Waals surface area contributed by atoms with Gasteiger partial charge in [-0.2, -0.15) is 4.98 Å². The number of halogens is 1. The van der Waals surface area contributed by atoms with Crippen LogP contribution in [0.1, 0.15) is 18.7 Å². The number of nitrogen functional groups attached to an aromatic ring is 1. The minimum atomic E-state index is 0.445. The average molecular weight is 370 g/mol. The zero-order chi connectivity index (χ0) is 15.2. The van der Waals surface area contributed by atoms with Gasteiger partial charge < -0.3 is 15.8 Å². The van der Waals surface area contributed by atoms with Gasteiger partial charge in [-0.05, 0) is 52.5 Å². The molecular formula is C15H20BrN3OS. The lowest BCUT2D eigenvalue weighted by Crippen LogP contribution is -2.10. The van der Waals surface area contributed by atoms with Crippen LogP contribution in [0.5, 0.6) is 5.88 Å². The summed E-state index contributed by atoms with van der Waals surface area (Å²) < 4.78 is 6.79.